The minimum absolute atomic E-state index is 0.176. The molecule has 3 N–H and O–H groups in total. The van der Waals surface area contributed by atoms with Gasteiger partial charge >= 0.3 is 0 Å². The van der Waals surface area contributed by atoms with Crippen LogP contribution in [0.15, 0.2) is 24.4 Å². The summed E-state index contributed by atoms with van der Waals surface area (Å²) < 4.78 is 2.03. The van der Waals surface area contributed by atoms with Crippen LogP contribution in [0.25, 0.3) is 10.9 Å². The zero-order valence-electron chi connectivity index (χ0n) is 15.9. The van der Waals surface area contributed by atoms with Gasteiger partial charge in [-0.1, -0.05) is 0 Å². The first-order chi connectivity index (χ1) is 13.1. The van der Waals surface area contributed by atoms with Crippen LogP contribution in [0.1, 0.15) is 43.7 Å². The van der Waals surface area contributed by atoms with Crippen LogP contribution in [0.5, 0.6) is 0 Å². The Labute approximate surface area is 159 Å². The number of fused-ring (bicyclic) bond motifs is 1. The summed E-state index contributed by atoms with van der Waals surface area (Å²) in [6, 6.07) is 6.22. The van der Waals surface area contributed by atoms with Crippen LogP contribution in [0, 0.1) is 12.8 Å². The van der Waals surface area contributed by atoms with Gasteiger partial charge in [0.15, 0.2) is 0 Å². The maximum atomic E-state index is 12.3. The average molecular weight is 368 g/mol. The SMILES string of the molecule is Cc1cn(C2CCC(=O)NC2=O)c2ccc(N3CCC(CCN)CC3)cc12. The topological polar surface area (TPSA) is 80.4 Å². The molecule has 0 aliphatic carbocycles. The molecule has 2 amide bonds. The summed E-state index contributed by atoms with van der Waals surface area (Å²) in [6.45, 7) is 5.01. The molecule has 3 heterocycles. The third kappa shape index (κ3) is 3.46. The number of amides is 2. The molecule has 2 aliphatic heterocycles. The number of rotatable bonds is 4. The standard InChI is InChI=1S/C21H28N4O2/c1-14-13-25(19-4-5-20(26)23-21(19)27)18-3-2-16(12-17(14)18)24-10-7-15(6-9-22)8-11-24/h2-3,12-13,15,19H,4-11,22H2,1H3,(H,23,26,27). The second-order valence-corrected chi connectivity index (χ2v) is 7.90. The smallest absolute Gasteiger partial charge is 0.249 e. The summed E-state index contributed by atoms with van der Waals surface area (Å²) in [6.07, 6.45) is 6.52. The van der Waals surface area contributed by atoms with Crippen LogP contribution in [-0.4, -0.2) is 36.0 Å². The van der Waals surface area contributed by atoms with Gasteiger partial charge in [-0.3, -0.25) is 14.9 Å². The van der Waals surface area contributed by atoms with Crippen LogP contribution < -0.4 is 16.0 Å². The fourth-order valence-corrected chi connectivity index (χ4v) is 4.53. The molecule has 0 spiro atoms. The van der Waals surface area contributed by atoms with Gasteiger partial charge in [0.2, 0.25) is 11.8 Å². The van der Waals surface area contributed by atoms with E-state index in [0.29, 0.717) is 12.8 Å². The second kappa shape index (κ2) is 7.35. The number of aryl methyl sites for hydroxylation is 1. The van der Waals surface area contributed by atoms with Crippen LogP contribution in [0.4, 0.5) is 5.69 Å². The van der Waals surface area contributed by atoms with Crippen molar-refractivity contribution in [2.45, 2.75) is 45.1 Å². The Balaban J connectivity index is 1.58. The summed E-state index contributed by atoms with van der Waals surface area (Å²) in [5.41, 5.74) is 9.17. The van der Waals surface area contributed by atoms with E-state index in [4.69, 9.17) is 5.73 Å². The van der Waals surface area contributed by atoms with Crippen molar-refractivity contribution in [3.8, 4) is 0 Å². The molecule has 6 heteroatoms. The summed E-state index contributed by atoms with van der Waals surface area (Å²) >= 11 is 0. The summed E-state index contributed by atoms with van der Waals surface area (Å²) in [5.74, 6) is 0.379. The van der Waals surface area contributed by atoms with E-state index in [0.717, 1.165) is 43.1 Å². The van der Waals surface area contributed by atoms with Crippen LogP contribution in [0.2, 0.25) is 0 Å². The molecule has 2 aliphatic rings. The van der Waals surface area contributed by atoms with Crippen molar-refractivity contribution in [2.24, 2.45) is 11.7 Å². The molecule has 4 rings (SSSR count). The summed E-state index contributed by atoms with van der Waals surface area (Å²) in [5, 5.41) is 3.65. The molecule has 2 saturated heterocycles. The average Bonchev–Trinajstić information content (AvgIpc) is 2.99. The molecular formula is C21H28N4O2. The number of benzene rings is 1. The Bertz CT molecular complexity index is 864. The fourth-order valence-electron chi connectivity index (χ4n) is 4.53. The Morgan fingerprint density at radius 1 is 1.19 bits per heavy atom. The molecular weight excluding hydrogens is 340 g/mol. The molecule has 1 aromatic heterocycles. The highest BCUT2D eigenvalue weighted by molar-refractivity contribution is 6.00. The van der Waals surface area contributed by atoms with E-state index >= 15 is 0 Å². The largest absolute Gasteiger partial charge is 0.371 e. The lowest BCUT2D eigenvalue weighted by atomic mass is 9.93. The Kier molecular flexibility index (Phi) is 4.91. The molecule has 1 aromatic carbocycles. The first kappa shape index (κ1) is 18.0. The number of piperidine rings is 2. The number of nitrogens with one attached hydrogen (secondary N) is 1. The monoisotopic (exact) mass is 368 g/mol. The van der Waals surface area contributed by atoms with Crippen molar-refractivity contribution in [1.29, 1.82) is 0 Å². The van der Waals surface area contributed by atoms with Gasteiger partial charge < -0.3 is 15.2 Å². The van der Waals surface area contributed by atoms with Crippen molar-refractivity contribution in [1.82, 2.24) is 9.88 Å². The lowest BCUT2D eigenvalue weighted by Gasteiger charge is -2.33. The molecule has 144 valence electrons. The van der Waals surface area contributed by atoms with E-state index in [1.807, 2.05) is 10.8 Å². The third-order valence-corrected chi connectivity index (χ3v) is 6.12. The van der Waals surface area contributed by atoms with Gasteiger partial charge in [-0.15, -0.1) is 0 Å². The summed E-state index contributed by atoms with van der Waals surface area (Å²) in [4.78, 5) is 26.2. The van der Waals surface area contributed by atoms with Gasteiger partial charge in [0.1, 0.15) is 6.04 Å². The van der Waals surface area contributed by atoms with Crippen molar-refractivity contribution >= 4 is 28.4 Å². The summed E-state index contributed by atoms with van der Waals surface area (Å²) in [7, 11) is 0. The molecule has 27 heavy (non-hydrogen) atoms. The van der Waals surface area contributed by atoms with Gasteiger partial charge in [-0.25, -0.2) is 0 Å². The van der Waals surface area contributed by atoms with E-state index < -0.39 is 0 Å². The van der Waals surface area contributed by atoms with Gasteiger partial charge in [-0.05, 0) is 68.8 Å². The minimum Gasteiger partial charge on any atom is -0.371 e. The zero-order valence-corrected chi connectivity index (χ0v) is 15.9. The number of imide groups is 1. The zero-order chi connectivity index (χ0) is 19.0. The fraction of sp³-hybridized carbons (Fsp3) is 0.524. The van der Waals surface area contributed by atoms with Crippen molar-refractivity contribution in [2.75, 3.05) is 24.5 Å². The quantitative estimate of drug-likeness (QED) is 0.813. The molecule has 0 bridgehead atoms. The highest BCUT2D eigenvalue weighted by Crippen LogP contribution is 2.32. The number of aromatic nitrogens is 1. The number of hydrogen-bond acceptors (Lipinski definition) is 4. The molecule has 1 unspecified atom stereocenters. The van der Waals surface area contributed by atoms with Crippen molar-refractivity contribution in [3.63, 3.8) is 0 Å². The molecule has 6 nitrogen and oxygen atoms in total. The van der Waals surface area contributed by atoms with E-state index in [9.17, 15) is 9.59 Å². The number of anilines is 1. The van der Waals surface area contributed by atoms with Crippen LogP contribution in [-0.2, 0) is 9.59 Å². The molecule has 2 aromatic rings. The Hall–Kier alpha value is -2.34. The van der Waals surface area contributed by atoms with E-state index in [1.165, 1.54) is 23.9 Å². The normalized spacial score (nSPS) is 21.7. The number of hydrogen-bond donors (Lipinski definition) is 2. The Morgan fingerprint density at radius 3 is 2.67 bits per heavy atom. The molecule has 0 saturated carbocycles. The van der Waals surface area contributed by atoms with Crippen LogP contribution >= 0.6 is 0 Å². The van der Waals surface area contributed by atoms with E-state index in [1.54, 1.807) is 0 Å². The maximum absolute atomic E-state index is 12.3. The minimum atomic E-state index is -0.309. The number of nitrogens with zero attached hydrogens (tertiary/aromatic N) is 2. The van der Waals surface area contributed by atoms with Gasteiger partial charge in [0, 0.05) is 42.3 Å². The molecule has 1 atom stereocenters. The van der Waals surface area contributed by atoms with Gasteiger partial charge in [-0.2, -0.15) is 0 Å². The second-order valence-electron chi connectivity index (χ2n) is 7.90. The first-order valence-corrected chi connectivity index (χ1v) is 9.96. The predicted octanol–water partition coefficient (Wildman–Crippen LogP) is 2.49. The van der Waals surface area contributed by atoms with Crippen molar-refractivity contribution < 1.29 is 9.59 Å². The molecule has 2 fully saturated rings. The first-order valence-electron chi connectivity index (χ1n) is 9.96. The number of carbonyl (C=O) groups is 2. The predicted molar refractivity (Wildman–Crippen MR) is 107 cm³/mol. The van der Waals surface area contributed by atoms with Crippen molar-refractivity contribution in [3.05, 3.63) is 30.0 Å². The number of nitrogens with two attached hydrogens (primary N) is 1. The number of carbonyl (C=O) groups excluding carboxylic acids is 2. The maximum Gasteiger partial charge on any atom is 0.249 e. The highest BCUT2D eigenvalue weighted by atomic mass is 16.2. The highest BCUT2D eigenvalue weighted by Gasteiger charge is 2.29. The lowest BCUT2D eigenvalue weighted by Crippen LogP contribution is -2.41. The van der Waals surface area contributed by atoms with Gasteiger partial charge in [0.05, 0.1) is 0 Å². The Morgan fingerprint density at radius 2 is 1.96 bits per heavy atom. The van der Waals surface area contributed by atoms with Gasteiger partial charge in [0.25, 0.3) is 0 Å². The third-order valence-electron chi connectivity index (χ3n) is 6.12. The lowest BCUT2D eigenvalue weighted by molar-refractivity contribution is -0.135. The van der Waals surface area contributed by atoms with E-state index in [-0.39, 0.29) is 17.9 Å². The molecule has 0 radical (unpaired) electrons. The van der Waals surface area contributed by atoms with Crippen LogP contribution in [0.3, 0.4) is 0 Å². The van der Waals surface area contributed by atoms with E-state index in [2.05, 4.69) is 35.3 Å².